The van der Waals surface area contributed by atoms with Crippen molar-refractivity contribution < 1.29 is 14.3 Å². The van der Waals surface area contributed by atoms with Crippen LogP contribution in [0.3, 0.4) is 0 Å². The highest BCUT2D eigenvalue weighted by Gasteiger charge is 2.07. The van der Waals surface area contributed by atoms with Crippen LogP contribution in [0.4, 0.5) is 5.69 Å². The number of rotatable bonds is 8. The van der Waals surface area contributed by atoms with Gasteiger partial charge in [0.15, 0.2) is 0 Å². The number of ether oxygens (including phenoxy) is 1. The van der Waals surface area contributed by atoms with Gasteiger partial charge in [-0.15, -0.1) is 0 Å². The van der Waals surface area contributed by atoms with Crippen molar-refractivity contribution in [3.63, 3.8) is 0 Å². The Morgan fingerprint density at radius 1 is 1.00 bits per heavy atom. The maximum Gasteiger partial charge on any atom is 0.338 e. The second-order valence-corrected chi connectivity index (χ2v) is 5.60. The Bertz CT molecular complexity index is 650. The van der Waals surface area contributed by atoms with Crippen LogP contribution in [0.25, 0.3) is 0 Å². The van der Waals surface area contributed by atoms with Crippen LogP contribution in [0.5, 0.6) is 0 Å². The van der Waals surface area contributed by atoms with Crippen LogP contribution in [0, 0.1) is 0 Å². The van der Waals surface area contributed by atoms with Crippen molar-refractivity contribution in [1.82, 2.24) is 0 Å². The Labute approximate surface area is 142 Å². The molecule has 2 aromatic rings. The van der Waals surface area contributed by atoms with Crippen molar-refractivity contribution in [3.8, 4) is 0 Å². The first kappa shape index (κ1) is 17.7. The van der Waals surface area contributed by atoms with Gasteiger partial charge in [0.1, 0.15) is 0 Å². The van der Waals surface area contributed by atoms with Gasteiger partial charge in [-0.25, -0.2) is 4.79 Å². The standard InChI is InChI=1S/C20H23NO3/c1-2-15-24-20(23)17-11-13-18(14-12-17)21-19(22)10-6-9-16-7-4-3-5-8-16/h3-5,7-8,11-14H,2,6,9-10,15H2,1H3,(H,21,22). The third kappa shape index (κ3) is 5.88. The molecule has 1 N–H and O–H groups in total. The first-order chi connectivity index (χ1) is 11.7. The molecule has 0 atom stereocenters. The molecule has 1 amide bonds. The summed E-state index contributed by atoms with van der Waals surface area (Å²) in [5.74, 6) is -0.357. The maximum absolute atomic E-state index is 12.0. The fourth-order valence-electron chi connectivity index (χ4n) is 2.29. The summed E-state index contributed by atoms with van der Waals surface area (Å²) in [5, 5.41) is 2.85. The molecule has 0 unspecified atom stereocenters. The molecule has 0 heterocycles. The summed E-state index contributed by atoms with van der Waals surface area (Å²) in [6.45, 7) is 2.36. The molecule has 0 aromatic heterocycles. The van der Waals surface area contributed by atoms with E-state index < -0.39 is 0 Å². The summed E-state index contributed by atoms with van der Waals surface area (Å²) in [5.41, 5.74) is 2.41. The van der Waals surface area contributed by atoms with E-state index in [1.54, 1.807) is 24.3 Å². The van der Waals surface area contributed by atoms with Gasteiger partial charge in [-0.1, -0.05) is 37.3 Å². The summed E-state index contributed by atoms with van der Waals surface area (Å²) in [6.07, 6.45) is 2.95. The van der Waals surface area contributed by atoms with Crippen molar-refractivity contribution >= 4 is 17.6 Å². The highest BCUT2D eigenvalue weighted by atomic mass is 16.5. The van der Waals surface area contributed by atoms with E-state index in [1.807, 2.05) is 25.1 Å². The Balaban J connectivity index is 1.76. The number of esters is 1. The molecule has 4 heteroatoms. The molecule has 0 aliphatic rings. The van der Waals surface area contributed by atoms with Gasteiger partial charge < -0.3 is 10.1 Å². The summed E-state index contributed by atoms with van der Waals surface area (Å²) < 4.78 is 5.07. The van der Waals surface area contributed by atoms with E-state index in [2.05, 4.69) is 17.4 Å². The zero-order valence-corrected chi connectivity index (χ0v) is 14.0. The van der Waals surface area contributed by atoms with Gasteiger partial charge in [-0.05, 0) is 49.1 Å². The first-order valence-electron chi connectivity index (χ1n) is 8.30. The highest BCUT2D eigenvalue weighted by molar-refractivity contribution is 5.93. The van der Waals surface area contributed by atoms with E-state index in [0.29, 0.717) is 24.3 Å². The lowest BCUT2D eigenvalue weighted by Crippen LogP contribution is -2.12. The second kappa shape index (κ2) is 9.50. The molecule has 0 saturated heterocycles. The van der Waals surface area contributed by atoms with Crippen LogP contribution < -0.4 is 5.32 Å². The molecule has 0 fully saturated rings. The monoisotopic (exact) mass is 325 g/mol. The summed E-state index contributed by atoms with van der Waals surface area (Å²) in [6, 6.07) is 16.9. The molecule has 0 spiro atoms. The summed E-state index contributed by atoms with van der Waals surface area (Å²) in [4.78, 5) is 23.7. The Hall–Kier alpha value is -2.62. The number of aryl methyl sites for hydroxylation is 1. The lowest BCUT2D eigenvalue weighted by Gasteiger charge is -2.07. The number of hydrogen-bond acceptors (Lipinski definition) is 3. The smallest absolute Gasteiger partial charge is 0.338 e. The molecule has 24 heavy (non-hydrogen) atoms. The van der Waals surface area contributed by atoms with Crippen LogP contribution in [-0.4, -0.2) is 18.5 Å². The fourth-order valence-corrected chi connectivity index (χ4v) is 2.29. The number of benzene rings is 2. The van der Waals surface area contributed by atoms with Gasteiger partial charge in [0.2, 0.25) is 5.91 Å². The Morgan fingerprint density at radius 3 is 2.38 bits per heavy atom. The van der Waals surface area contributed by atoms with E-state index in [9.17, 15) is 9.59 Å². The fraction of sp³-hybridized carbons (Fsp3) is 0.300. The molecular weight excluding hydrogens is 302 g/mol. The van der Waals surface area contributed by atoms with E-state index in [4.69, 9.17) is 4.74 Å². The lowest BCUT2D eigenvalue weighted by molar-refractivity contribution is -0.116. The summed E-state index contributed by atoms with van der Waals surface area (Å²) in [7, 11) is 0. The molecular formula is C20H23NO3. The van der Waals surface area contributed by atoms with E-state index >= 15 is 0 Å². The van der Waals surface area contributed by atoms with Crippen LogP contribution >= 0.6 is 0 Å². The van der Waals surface area contributed by atoms with E-state index in [-0.39, 0.29) is 11.9 Å². The van der Waals surface area contributed by atoms with Gasteiger partial charge in [-0.3, -0.25) is 4.79 Å². The average Bonchev–Trinajstić information content (AvgIpc) is 2.61. The number of nitrogens with one attached hydrogen (secondary N) is 1. The molecule has 2 rings (SSSR count). The molecule has 0 radical (unpaired) electrons. The van der Waals surface area contributed by atoms with Gasteiger partial charge in [0.05, 0.1) is 12.2 Å². The minimum atomic E-state index is -0.336. The number of amides is 1. The van der Waals surface area contributed by atoms with Crippen LogP contribution in [-0.2, 0) is 16.0 Å². The highest BCUT2D eigenvalue weighted by Crippen LogP contribution is 2.12. The van der Waals surface area contributed by atoms with Crippen molar-refractivity contribution in [2.24, 2.45) is 0 Å². The second-order valence-electron chi connectivity index (χ2n) is 5.60. The zero-order valence-electron chi connectivity index (χ0n) is 14.0. The Morgan fingerprint density at radius 2 is 1.71 bits per heavy atom. The van der Waals surface area contributed by atoms with Gasteiger partial charge in [0, 0.05) is 12.1 Å². The van der Waals surface area contributed by atoms with Crippen LogP contribution in [0.15, 0.2) is 54.6 Å². The van der Waals surface area contributed by atoms with Crippen molar-refractivity contribution in [1.29, 1.82) is 0 Å². The van der Waals surface area contributed by atoms with E-state index in [1.165, 1.54) is 5.56 Å². The lowest BCUT2D eigenvalue weighted by atomic mass is 10.1. The van der Waals surface area contributed by atoms with E-state index in [0.717, 1.165) is 19.3 Å². The molecule has 0 aliphatic carbocycles. The minimum Gasteiger partial charge on any atom is -0.462 e. The maximum atomic E-state index is 12.0. The van der Waals surface area contributed by atoms with Crippen LogP contribution in [0.2, 0.25) is 0 Å². The van der Waals surface area contributed by atoms with Crippen molar-refractivity contribution in [2.45, 2.75) is 32.6 Å². The minimum absolute atomic E-state index is 0.0211. The quantitative estimate of drug-likeness (QED) is 0.740. The molecule has 0 aliphatic heterocycles. The molecule has 126 valence electrons. The van der Waals surface area contributed by atoms with Gasteiger partial charge in [0.25, 0.3) is 0 Å². The normalized spacial score (nSPS) is 10.2. The summed E-state index contributed by atoms with van der Waals surface area (Å²) >= 11 is 0. The predicted octanol–water partition coefficient (Wildman–Crippen LogP) is 4.21. The van der Waals surface area contributed by atoms with Gasteiger partial charge in [-0.2, -0.15) is 0 Å². The van der Waals surface area contributed by atoms with Crippen molar-refractivity contribution in [2.75, 3.05) is 11.9 Å². The average molecular weight is 325 g/mol. The third-order valence-corrected chi connectivity index (χ3v) is 3.55. The third-order valence-electron chi connectivity index (χ3n) is 3.55. The molecule has 0 saturated carbocycles. The number of carbonyl (C=O) groups excluding carboxylic acids is 2. The number of carbonyl (C=O) groups is 2. The van der Waals surface area contributed by atoms with Gasteiger partial charge >= 0.3 is 5.97 Å². The SMILES string of the molecule is CCCOC(=O)c1ccc(NC(=O)CCCc2ccccc2)cc1. The predicted molar refractivity (Wildman–Crippen MR) is 95.0 cm³/mol. The topological polar surface area (TPSA) is 55.4 Å². The largest absolute Gasteiger partial charge is 0.462 e. The van der Waals surface area contributed by atoms with Crippen molar-refractivity contribution in [3.05, 3.63) is 65.7 Å². The molecule has 4 nitrogen and oxygen atoms in total. The molecule has 0 bridgehead atoms. The number of anilines is 1. The van der Waals surface area contributed by atoms with Crippen LogP contribution in [0.1, 0.15) is 42.1 Å². The molecule has 2 aromatic carbocycles. The first-order valence-corrected chi connectivity index (χ1v) is 8.30. The Kier molecular flexibility index (Phi) is 7.02. The number of hydrogen-bond donors (Lipinski definition) is 1. The zero-order chi connectivity index (χ0) is 17.2.